The molecule has 3 rings (SSSR count). The standard InChI is InChI=1S/C16H19N5O2/c1-12-10-15(21-6-8-23-9-7-21)20-14(19-12)11-18-16(22)13-2-4-17-5-3-13/h2-5,10H,6-9,11H2,1H3,(H,18,22). The zero-order valence-corrected chi connectivity index (χ0v) is 13.0. The lowest BCUT2D eigenvalue weighted by molar-refractivity contribution is 0.0949. The largest absolute Gasteiger partial charge is 0.378 e. The molecule has 0 saturated carbocycles. The Hall–Kier alpha value is -2.54. The van der Waals surface area contributed by atoms with Gasteiger partial charge in [0.25, 0.3) is 5.91 Å². The van der Waals surface area contributed by atoms with E-state index in [1.807, 2.05) is 13.0 Å². The minimum Gasteiger partial charge on any atom is -0.378 e. The van der Waals surface area contributed by atoms with Gasteiger partial charge in [-0.25, -0.2) is 9.97 Å². The number of nitrogens with one attached hydrogen (secondary N) is 1. The summed E-state index contributed by atoms with van der Waals surface area (Å²) in [5.41, 5.74) is 1.45. The van der Waals surface area contributed by atoms with Gasteiger partial charge in [-0.15, -0.1) is 0 Å². The van der Waals surface area contributed by atoms with Crippen molar-refractivity contribution in [3.8, 4) is 0 Å². The van der Waals surface area contributed by atoms with Crippen LogP contribution in [0, 0.1) is 6.92 Å². The molecule has 7 nitrogen and oxygen atoms in total. The van der Waals surface area contributed by atoms with Gasteiger partial charge in [0.1, 0.15) is 11.6 Å². The maximum Gasteiger partial charge on any atom is 0.251 e. The number of amides is 1. The molecule has 120 valence electrons. The van der Waals surface area contributed by atoms with E-state index in [9.17, 15) is 4.79 Å². The number of hydrogen-bond acceptors (Lipinski definition) is 6. The fourth-order valence-electron chi connectivity index (χ4n) is 2.41. The minimum atomic E-state index is -0.162. The summed E-state index contributed by atoms with van der Waals surface area (Å²) in [5.74, 6) is 1.33. The van der Waals surface area contributed by atoms with Gasteiger partial charge < -0.3 is 15.0 Å². The number of aryl methyl sites for hydroxylation is 1. The Kier molecular flexibility index (Phi) is 4.77. The van der Waals surface area contributed by atoms with Gasteiger partial charge in [-0.05, 0) is 19.1 Å². The second-order valence-corrected chi connectivity index (χ2v) is 5.30. The Bertz CT molecular complexity index is 671. The number of ether oxygens (including phenoxy) is 1. The van der Waals surface area contributed by atoms with E-state index in [1.165, 1.54) is 0 Å². The molecule has 0 aliphatic carbocycles. The molecular formula is C16H19N5O2. The number of carbonyl (C=O) groups excluding carboxylic acids is 1. The van der Waals surface area contributed by atoms with Gasteiger partial charge in [0, 0.05) is 42.8 Å². The van der Waals surface area contributed by atoms with Crippen LogP contribution >= 0.6 is 0 Å². The van der Waals surface area contributed by atoms with Crippen molar-refractivity contribution in [2.45, 2.75) is 13.5 Å². The zero-order chi connectivity index (χ0) is 16.1. The van der Waals surface area contributed by atoms with Crippen LogP contribution in [0.15, 0.2) is 30.6 Å². The van der Waals surface area contributed by atoms with Crippen LogP contribution in [0.2, 0.25) is 0 Å². The van der Waals surface area contributed by atoms with Crippen LogP contribution in [0.4, 0.5) is 5.82 Å². The number of carbonyl (C=O) groups is 1. The molecule has 1 N–H and O–H groups in total. The lowest BCUT2D eigenvalue weighted by Crippen LogP contribution is -2.37. The second kappa shape index (κ2) is 7.15. The number of pyridine rings is 1. The third-order valence-electron chi connectivity index (χ3n) is 3.57. The Balaban J connectivity index is 1.68. The number of morpholine rings is 1. The molecule has 0 unspecified atom stereocenters. The van der Waals surface area contributed by atoms with Gasteiger partial charge in [0.15, 0.2) is 0 Å². The van der Waals surface area contributed by atoms with Gasteiger partial charge >= 0.3 is 0 Å². The normalized spacial score (nSPS) is 14.6. The van der Waals surface area contributed by atoms with Crippen LogP contribution in [0.3, 0.4) is 0 Å². The van der Waals surface area contributed by atoms with Gasteiger partial charge in [-0.1, -0.05) is 0 Å². The third kappa shape index (κ3) is 4.01. The van der Waals surface area contributed by atoms with E-state index in [2.05, 4.69) is 25.2 Å². The molecule has 3 heterocycles. The number of aromatic nitrogens is 3. The summed E-state index contributed by atoms with van der Waals surface area (Å²) in [4.78, 5) is 27.1. The predicted octanol–water partition coefficient (Wildman–Crippen LogP) is 0.947. The van der Waals surface area contributed by atoms with Crippen LogP contribution in [-0.4, -0.2) is 47.2 Å². The summed E-state index contributed by atoms with van der Waals surface area (Å²) in [5, 5.41) is 2.84. The average Bonchev–Trinajstić information content (AvgIpc) is 2.61. The summed E-state index contributed by atoms with van der Waals surface area (Å²) in [6.45, 7) is 5.27. The first-order valence-electron chi connectivity index (χ1n) is 7.58. The van der Waals surface area contributed by atoms with Crippen molar-refractivity contribution in [1.82, 2.24) is 20.3 Å². The highest BCUT2D eigenvalue weighted by atomic mass is 16.5. The Morgan fingerprint density at radius 2 is 2.00 bits per heavy atom. The van der Waals surface area contributed by atoms with Crippen molar-refractivity contribution >= 4 is 11.7 Å². The van der Waals surface area contributed by atoms with Gasteiger partial charge in [-0.3, -0.25) is 9.78 Å². The second-order valence-electron chi connectivity index (χ2n) is 5.30. The topological polar surface area (TPSA) is 80.2 Å². The third-order valence-corrected chi connectivity index (χ3v) is 3.57. The lowest BCUT2D eigenvalue weighted by atomic mass is 10.2. The number of nitrogens with zero attached hydrogens (tertiary/aromatic N) is 4. The molecule has 2 aromatic rings. The Morgan fingerprint density at radius 3 is 2.74 bits per heavy atom. The van der Waals surface area contributed by atoms with Gasteiger partial charge in [-0.2, -0.15) is 0 Å². The van der Waals surface area contributed by atoms with E-state index < -0.39 is 0 Å². The van der Waals surface area contributed by atoms with Crippen molar-refractivity contribution in [3.05, 3.63) is 47.7 Å². The quantitative estimate of drug-likeness (QED) is 0.905. The molecule has 1 aliphatic rings. The summed E-state index contributed by atoms with van der Waals surface area (Å²) >= 11 is 0. The van der Waals surface area contributed by atoms with E-state index in [4.69, 9.17) is 4.74 Å². The minimum absolute atomic E-state index is 0.162. The van der Waals surface area contributed by atoms with Crippen LogP contribution in [0.25, 0.3) is 0 Å². The van der Waals surface area contributed by atoms with Crippen molar-refractivity contribution in [3.63, 3.8) is 0 Å². The molecule has 1 fully saturated rings. The predicted molar refractivity (Wildman–Crippen MR) is 85.2 cm³/mol. The zero-order valence-electron chi connectivity index (χ0n) is 13.0. The maximum absolute atomic E-state index is 12.1. The first kappa shape index (κ1) is 15.4. The van der Waals surface area contributed by atoms with Gasteiger partial charge in [0.2, 0.25) is 0 Å². The number of rotatable bonds is 4. The summed E-state index contributed by atoms with van der Waals surface area (Å²) in [7, 11) is 0. The SMILES string of the molecule is Cc1cc(N2CCOCC2)nc(CNC(=O)c2ccncc2)n1. The molecular weight excluding hydrogens is 294 g/mol. The molecule has 0 bridgehead atoms. The van der Waals surface area contributed by atoms with E-state index in [-0.39, 0.29) is 5.91 Å². The van der Waals surface area contributed by atoms with Crippen molar-refractivity contribution in [2.24, 2.45) is 0 Å². The molecule has 1 amide bonds. The highest BCUT2D eigenvalue weighted by molar-refractivity contribution is 5.93. The summed E-state index contributed by atoms with van der Waals surface area (Å²) < 4.78 is 5.36. The average molecular weight is 313 g/mol. The van der Waals surface area contributed by atoms with E-state index in [0.29, 0.717) is 31.1 Å². The highest BCUT2D eigenvalue weighted by Gasteiger charge is 2.14. The van der Waals surface area contributed by atoms with Gasteiger partial charge in [0.05, 0.1) is 19.8 Å². The van der Waals surface area contributed by atoms with E-state index in [1.54, 1.807) is 24.5 Å². The highest BCUT2D eigenvalue weighted by Crippen LogP contribution is 2.14. The molecule has 0 atom stereocenters. The first-order valence-corrected chi connectivity index (χ1v) is 7.58. The summed E-state index contributed by atoms with van der Waals surface area (Å²) in [6.07, 6.45) is 3.18. The van der Waals surface area contributed by atoms with Crippen molar-refractivity contribution in [1.29, 1.82) is 0 Å². The molecule has 2 aromatic heterocycles. The molecule has 0 spiro atoms. The molecule has 1 saturated heterocycles. The Morgan fingerprint density at radius 1 is 1.26 bits per heavy atom. The van der Waals surface area contributed by atoms with Crippen LogP contribution in [-0.2, 0) is 11.3 Å². The summed E-state index contributed by atoms with van der Waals surface area (Å²) in [6, 6.07) is 5.30. The van der Waals surface area contributed by atoms with E-state index >= 15 is 0 Å². The van der Waals surface area contributed by atoms with Crippen LogP contribution in [0.1, 0.15) is 21.9 Å². The van der Waals surface area contributed by atoms with Crippen molar-refractivity contribution in [2.75, 3.05) is 31.2 Å². The lowest BCUT2D eigenvalue weighted by Gasteiger charge is -2.28. The molecule has 1 aliphatic heterocycles. The molecule has 0 radical (unpaired) electrons. The van der Waals surface area contributed by atoms with E-state index in [0.717, 1.165) is 24.6 Å². The molecule has 23 heavy (non-hydrogen) atoms. The maximum atomic E-state index is 12.1. The first-order chi connectivity index (χ1) is 11.2. The molecule has 0 aromatic carbocycles. The van der Waals surface area contributed by atoms with Crippen molar-refractivity contribution < 1.29 is 9.53 Å². The monoisotopic (exact) mass is 313 g/mol. The fraction of sp³-hybridized carbons (Fsp3) is 0.375. The van der Waals surface area contributed by atoms with Crippen LogP contribution < -0.4 is 10.2 Å². The molecule has 7 heteroatoms. The smallest absolute Gasteiger partial charge is 0.251 e. The number of anilines is 1. The Labute approximate surface area is 134 Å². The van der Waals surface area contributed by atoms with Crippen LogP contribution in [0.5, 0.6) is 0 Å². The number of hydrogen-bond donors (Lipinski definition) is 1. The fourth-order valence-corrected chi connectivity index (χ4v) is 2.41.